The molecule has 0 aliphatic carbocycles. The fourth-order valence-corrected chi connectivity index (χ4v) is 4.81. The molecule has 0 fully saturated rings. The van der Waals surface area contributed by atoms with Crippen LogP contribution in [-0.2, 0) is 0 Å². The van der Waals surface area contributed by atoms with Gasteiger partial charge in [-0.3, -0.25) is 0 Å². The van der Waals surface area contributed by atoms with Crippen LogP contribution in [-0.4, -0.2) is 24.9 Å². The van der Waals surface area contributed by atoms with Gasteiger partial charge in [0.05, 0.1) is 31.0 Å². The molecule has 0 unspecified atom stereocenters. The van der Waals surface area contributed by atoms with E-state index in [0.29, 0.717) is 33.7 Å². The molecule has 3 aromatic rings. The van der Waals surface area contributed by atoms with Crippen molar-refractivity contribution in [1.29, 1.82) is 0 Å². The molecule has 0 aromatic heterocycles. The number of ether oxygens (including phenoxy) is 3. The average molecular weight is 469 g/mol. The Hall–Kier alpha value is -2.89. The number of nitrogens with zero attached hydrogens (tertiary/aromatic N) is 2. The highest BCUT2D eigenvalue weighted by molar-refractivity contribution is 6.35. The summed E-state index contributed by atoms with van der Waals surface area (Å²) < 4.78 is 17.3. The summed E-state index contributed by atoms with van der Waals surface area (Å²) in [4.78, 5) is 0. The van der Waals surface area contributed by atoms with Crippen molar-refractivity contribution in [2.45, 2.75) is 25.6 Å². The molecule has 0 spiro atoms. The SMILES string of the molecule is COc1ccc(C2=NN3[C@@H](c4ccc(C)cc4)Oc4c(Cl)cc(Cl)cc4[C@@H]3C2)cc1OC. The van der Waals surface area contributed by atoms with Crippen LogP contribution in [0.2, 0.25) is 10.0 Å². The van der Waals surface area contributed by atoms with Gasteiger partial charge in [-0.2, -0.15) is 5.10 Å². The molecule has 164 valence electrons. The summed E-state index contributed by atoms with van der Waals surface area (Å²) in [7, 11) is 3.25. The topological polar surface area (TPSA) is 43.3 Å². The molecular weight excluding hydrogens is 447 g/mol. The van der Waals surface area contributed by atoms with E-state index in [2.05, 4.69) is 31.2 Å². The van der Waals surface area contributed by atoms with Crippen molar-refractivity contribution in [1.82, 2.24) is 5.01 Å². The fraction of sp³-hybridized carbons (Fsp3) is 0.240. The molecule has 0 N–H and O–H groups in total. The predicted molar refractivity (Wildman–Crippen MR) is 126 cm³/mol. The highest BCUT2D eigenvalue weighted by atomic mass is 35.5. The second-order valence-corrected chi connectivity index (χ2v) is 8.75. The van der Waals surface area contributed by atoms with Crippen molar-refractivity contribution < 1.29 is 14.2 Å². The second-order valence-electron chi connectivity index (χ2n) is 7.90. The van der Waals surface area contributed by atoms with E-state index >= 15 is 0 Å². The summed E-state index contributed by atoms with van der Waals surface area (Å²) in [5, 5.41) is 8.08. The summed E-state index contributed by atoms with van der Waals surface area (Å²) >= 11 is 12.9. The molecule has 0 bridgehead atoms. The molecule has 32 heavy (non-hydrogen) atoms. The molecule has 3 aromatic carbocycles. The number of hydrazone groups is 1. The lowest BCUT2D eigenvalue weighted by atomic mass is 9.95. The van der Waals surface area contributed by atoms with Gasteiger partial charge in [0.2, 0.25) is 6.23 Å². The summed E-state index contributed by atoms with van der Waals surface area (Å²) in [6.45, 7) is 2.06. The summed E-state index contributed by atoms with van der Waals surface area (Å²) in [6.07, 6.45) is 0.287. The van der Waals surface area contributed by atoms with Gasteiger partial charge < -0.3 is 14.2 Å². The predicted octanol–water partition coefficient (Wildman–Crippen LogP) is 6.56. The number of hydrogen-bond donors (Lipinski definition) is 0. The normalized spacial score (nSPS) is 19.0. The Balaban J connectivity index is 1.61. The van der Waals surface area contributed by atoms with Crippen LogP contribution < -0.4 is 14.2 Å². The Labute approximate surface area is 197 Å². The molecule has 2 atom stereocenters. The number of fused-ring (bicyclic) bond motifs is 3. The highest BCUT2D eigenvalue weighted by Crippen LogP contribution is 2.51. The Morgan fingerprint density at radius 1 is 0.969 bits per heavy atom. The Morgan fingerprint density at radius 3 is 2.44 bits per heavy atom. The minimum atomic E-state index is -0.399. The highest BCUT2D eigenvalue weighted by Gasteiger charge is 2.42. The summed E-state index contributed by atoms with van der Waals surface area (Å²) in [6, 6.07) is 17.7. The molecule has 0 saturated heterocycles. The van der Waals surface area contributed by atoms with E-state index in [1.165, 1.54) is 5.56 Å². The molecule has 2 aliphatic heterocycles. The molecule has 2 aliphatic rings. The number of aryl methyl sites for hydroxylation is 1. The number of hydrogen-bond acceptors (Lipinski definition) is 5. The van der Waals surface area contributed by atoms with Crippen molar-refractivity contribution in [3.63, 3.8) is 0 Å². The molecule has 0 amide bonds. The molecule has 7 heteroatoms. The smallest absolute Gasteiger partial charge is 0.213 e. The zero-order valence-electron chi connectivity index (χ0n) is 17.9. The van der Waals surface area contributed by atoms with Gasteiger partial charge in [0.15, 0.2) is 11.5 Å². The van der Waals surface area contributed by atoms with Crippen molar-refractivity contribution in [2.75, 3.05) is 14.2 Å². The van der Waals surface area contributed by atoms with Crippen molar-refractivity contribution >= 4 is 28.9 Å². The first-order valence-corrected chi connectivity index (χ1v) is 11.0. The summed E-state index contributed by atoms with van der Waals surface area (Å²) in [5.41, 5.74) is 5.02. The van der Waals surface area contributed by atoms with Gasteiger partial charge in [0.1, 0.15) is 5.75 Å². The van der Waals surface area contributed by atoms with Crippen molar-refractivity contribution in [3.05, 3.63) is 86.9 Å². The Morgan fingerprint density at radius 2 is 1.72 bits per heavy atom. The van der Waals surface area contributed by atoms with Gasteiger partial charge in [-0.05, 0) is 37.3 Å². The molecule has 5 nitrogen and oxygen atoms in total. The van der Waals surface area contributed by atoms with Crippen molar-refractivity contribution in [3.8, 4) is 17.2 Å². The van der Waals surface area contributed by atoms with Crippen LogP contribution in [0.25, 0.3) is 0 Å². The second kappa shape index (κ2) is 8.23. The minimum Gasteiger partial charge on any atom is -0.493 e. The fourth-order valence-electron chi connectivity index (χ4n) is 4.26. The maximum atomic E-state index is 6.55. The lowest BCUT2D eigenvalue weighted by Crippen LogP contribution is -2.33. The number of rotatable bonds is 4. The van der Waals surface area contributed by atoms with E-state index in [1.807, 2.05) is 29.3 Å². The Kier molecular flexibility index (Phi) is 5.39. The van der Waals surface area contributed by atoms with E-state index in [0.717, 1.165) is 22.4 Å². The molecule has 0 saturated carbocycles. The van der Waals surface area contributed by atoms with E-state index < -0.39 is 6.23 Å². The van der Waals surface area contributed by atoms with Crippen LogP contribution in [0.3, 0.4) is 0 Å². The third-order valence-electron chi connectivity index (χ3n) is 5.89. The first kappa shape index (κ1) is 21.0. The van der Waals surface area contributed by atoms with Gasteiger partial charge in [0.25, 0.3) is 0 Å². The monoisotopic (exact) mass is 468 g/mol. The van der Waals surface area contributed by atoms with Gasteiger partial charge in [-0.15, -0.1) is 0 Å². The van der Waals surface area contributed by atoms with Gasteiger partial charge in [-0.25, -0.2) is 5.01 Å². The average Bonchev–Trinajstić information content (AvgIpc) is 3.25. The maximum Gasteiger partial charge on any atom is 0.213 e. The first-order valence-electron chi connectivity index (χ1n) is 10.3. The van der Waals surface area contributed by atoms with Crippen LogP contribution in [0.4, 0.5) is 0 Å². The number of methoxy groups -OCH3 is 2. The lowest BCUT2D eigenvalue weighted by molar-refractivity contribution is -0.0189. The quantitative estimate of drug-likeness (QED) is 0.434. The van der Waals surface area contributed by atoms with Crippen LogP contribution in [0, 0.1) is 6.92 Å². The van der Waals surface area contributed by atoms with Gasteiger partial charge in [0, 0.05) is 28.1 Å². The van der Waals surface area contributed by atoms with E-state index in [-0.39, 0.29) is 6.04 Å². The molecule has 5 rings (SSSR count). The molecule has 0 radical (unpaired) electrons. The number of benzene rings is 3. The van der Waals surface area contributed by atoms with Gasteiger partial charge >= 0.3 is 0 Å². The minimum absolute atomic E-state index is 0.0515. The third kappa shape index (κ3) is 3.55. The van der Waals surface area contributed by atoms with Crippen LogP contribution in [0.1, 0.15) is 40.9 Å². The molecular formula is C25H22Cl2N2O3. The Bertz CT molecular complexity index is 1210. The van der Waals surface area contributed by atoms with Crippen LogP contribution >= 0.6 is 23.2 Å². The maximum absolute atomic E-state index is 6.55. The van der Waals surface area contributed by atoms with E-state index in [9.17, 15) is 0 Å². The lowest BCUT2D eigenvalue weighted by Gasteiger charge is -2.38. The van der Waals surface area contributed by atoms with Crippen molar-refractivity contribution in [2.24, 2.45) is 5.10 Å². The third-order valence-corrected chi connectivity index (χ3v) is 6.39. The van der Waals surface area contributed by atoms with Gasteiger partial charge in [-0.1, -0.05) is 53.0 Å². The largest absolute Gasteiger partial charge is 0.493 e. The van der Waals surface area contributed by atoms with E-state index in [1.54, 1.807) is 20.3 Å². The number of halogens is 2. The zero-order chi connectivity index (χ0) is 22.4. The van der Waals surface area contributed by atoms with Crippen LogP contribution in [0.15, 0.2) is 59.7 Å². The standard InChI is InChI=1S/C25H22Cl2N2O3/c1-14-4-6-15(7-5-14)25-29-21(18-11-17(26)12-19(27)24(18)32-25)13-20(28-29)16-8-9-22(30-2)23(10-16)31-3/h4-12,21,25H,13H2,1-3H3/t21-,25+/m0/s1. The first-order chi connectivity index (χ1) is 15.5. The zero-order valence-corrected chi connectivity index (χ0v) is 19.4. The van der Waals surface area contributed by atoms with E-state index in [4.69, 9.17) is 42.5 Å². The van der Waals surface area contributed by atoms with Crippen LogP contribution in [0.5, 0.6) is 17.2 Å². The molecule has 2 heterocycles. The summed E-state index contributed by atoms with van der Waals surface area (Å²) in [5.74, 6) is 2.00.